The Morgan fingerprint density at radius 2 is 2.00 bits per heavy atom. The van der Waals surface area contributed by atoms with Crippen LogP contribution in [0, 0.1) is 0 Å². The molecule has 0 unspecified atom stereocenters. The van der Waals surface area contributed by atoms with Crippen molar-refractivity contribution in [3.8, 4) is 0 Å². The molecule has 0 amide bonds. The number of hydrogen-bond donors (Lipinski definition) is 0. The van der Waals surface area contributed by atoms with E-state index in [0.29, 0.717) is 6.08 Å². The highest BCUT2D eigenvalue weighted by molar-refractivity contribution is 8.01. The van der Waals surface area contributed by atoms with E-state index in [4.69, 9.17) is 0 Å². The van der Waals surface area contributed by atoms with Crippen molar-refractivity contribution in [2.75, 3.05) is 0 Å². The summed E-state index contributed by atoms with van der Waals surface area (Å²) in [5.74, 6) is 0. The maximum absolute atomic E-state index is 9.81. The van der Waals surface area contributed by atoms with Crippen LogP contribution in [0.2, 0.25) is 0 Å². The van der Waals surface area contributed by atoms with Crippen LogP contribution in [0.4, 0.5) is 0 Å². The molecule has 0 aromatic heterocycles. The van der Waals surface area contributed by atoms with Gasteiger partial charge in [-0.25, -0.2) is 8.42 Å². The van der Waals surface area contributed by atoms with Crippen molar-refractivity contribution in [3.05, 3.63) is 12.7 Å². The van der Waals surface area contributed by atoms with Crippen molar-refractivity contribution < 1.29 is 17.8 Å². The van der Waals surface area contributed by atoms with Crippen LogP contribution in [0.1, 0.15) is 0 Å². The van der Waals surface area contributed by atoms with Crippen LogP contribution in [0.5, 0.6) is 0 Å². The Morgan fingerprint density at radius 1 is 1.62 bits per heavy atom. The number of carbonyl (C=O) groups is 1. The predicted octanol–water partition coefficient (Wildman–Crippen LogP) is -0.756. The Labute approximate surface area is 46.6 Å². The lowest BCUT2D eigenvalue weighted by atomic mass is 10.7. The molecular formula is C3H3O4S-. The highest BCUT2D eigenvalue weighted by Gasteiger charge is 2.01. The monoisotopic (exact) mass is 135 g/mol. The van der Waals surface area contributed by atoms with Gasteiger partial charge in [0.05, 0.1) is 0 Å². The third-order valence-corrected chi connectivity index (χ3v) is 1.07. The lowest BCUT2D eigenvalue weighted by molar-refractivity contribution is -0.108. The maximum atomic E-state index is 9.81. The molecule has 0 aliphatic carbocycles. The summed E-state index contributed by atoms with van der Waals surface area (Å²) in [6.45, 7) is 2.80. The van der Waals surface area contributed by atoms with Gasteiger partial charge in [0.1, 0.15) is 0 Å². The summed E-state index contributed by atoms with van der Waals surface area (Å²) < 4.78 is 28.8. The molecule has 8 heavy (non-hydrogen) atoms. The van der Waals surface area contributed by atoms with Gasteiger partial charge in [-0.1, -0.05) is 6.58 Å². The Balaban J connectivity index is 4.53. The van der Waals surface area contributed by atoms with Gasteiger partial charge in [-0.3, -0.25) is 4.79 Å². The van der Waals surface area contributed by atoms with E-state index in [0.717, 1.165) is 0 Å². The summed E-state index contributed by atoms with van der Waals surface area (Å²) >= 11 is 0. The number of hydrogen-bond acceptors (Lipinski definition) is 4. The minimum atomic E-state index is -4.76. The molecule has 0 N–H and O–H groups in total. The molecule has 0 aliphatic rings. The molecule has 0 spiro atoms. The van der Waals surface area contributed by atoms with Crippen molar-refractivity contribution in [1.82, 2.24) is 0 Å². The van der Waals surface area contributed by atoms with E-state index in [-0.39, 0.29) is 0 Å². The van der Waals surface area contributed by atoms with Crippen LogP contribution in [0.15, 0.2) is 12.7 Å². The summed E-state index contributed by atoms with van der Waals surface area (Å²) in [6, 6.07) is 0. The second kappa shape index (κ2) is 2.06. The van der Waals surface area contributed by atoms with Crippen LogP contribution in [0.25, 0.3) is 0 Å². The van der Waals surface area contributed by atoms with Gasteiger partial charge in [-0.2, -0.15) is 0 Å². The molecule has 0 saturated carbocycles. The van der Waals surface area contributed by atoms with Crippen molar-refractivity contribution >= 4 is 15.2 Å². The second-order valence-electron chi connectivity index (χ2n) is 0.977. The van der Waals surface area contributed by atoms with Gasteiger partial charge >= 0.3 is 0 Å². The lowest BCUT2D eigenvalue weighted by Crippen LogP contribution is -2.09. The van der Waals surface area contributed by atoms with Gasteiger partial charge in [0.2, 0.25) is 0 Å². The first-order valence-electron chi connectivity index (χ1n) is 1.61. The van der Waals surface area contributed by atoms with E-state index in [1.807, 2.05) is 0 Å². The Bertz CT molecular complexity index is 199. The average molecular weight is 135 g/mol. The zero-order chi connectivity index (χ0) is 6.78. The van der Waals surface area contributed by atoms with Gasteiger partial charge in [-0.05, 0) is 6.08 Å². The lowest BCUT2D eigenvalue weighted by Gasteiger charge is -1.97. The molecule has 0 aliphatic heterocycles. The van der Waals surface area contributed by atoms with Crippen LogP contribution < -0.4 is 0 Å². The highest BCUT2D eigenvalue weighted by Crippen LogP contribution is 1.83. The molecule has 5 heteroatoms. The summed E-state index contributed by atoms with van der Waals surface area (Å²) in [6.07, 6.45) is 0.461. The minimum Gasteiger partial charge on any atom is -0.742 e. The standard InChI is InChI=1S/C3H4O4S/c1-2-3(4)8(5,6)7/h2H,1H2,(H,5,6,7)/p-1. The van der Waals surface area contributed by atoms with Crippen LogP contribution in [-0.2, 0) is 14.9 Å². The average Bonchev–Trinajstić information content (AvgIpc) is 1.62. The zero-order valence-corrected chi connectivity index (χ0v) is 4.64. The fourth-order valence-electron chi connectivity index (χ4n) is 0.102. The van der Waals surface area contributed by atoms with Gasteiger partial charge < -0.3 is 4.55 Å². The normalized spacial score (nSPS) is 10.6. The zero-order valence-electron chi connectivity index (χ0n) is 3.83. The summed E-state index contributed by atoms with van der Waals surface area (Å²) in [7, 11) is -4.76. The molecule has 0 heterocycles. The van der Waals surface area contributed by atoms with Crippen molar-refractivity contribution in [3.63, 3.8) is 0 Å². The van der Waals surface area contributed by atoms with E-state index >= 15 is 0 Å². The molecule has 0 rings (SSSR count). The first kappa shape index (κ1) is 7.32. The molecule has 0 aromatic carbocycles. The number of rotatable bonds is 1. The van der Waals surface area contributed by atoms with Gasteiger partial charge in [0.15, 0.2) is 10.1 Å². The SMILES string of the molecule is C=CC(=O)S(=O)(=O)[O-]. The Kier molecular flexibility index (Phi) is 1.88. The van der Waals surface area contributed by atoms with E-state index in [1.165, 1.54) is 0 Å². The molecule has 0 bridgehead atoms. The summed E-state index contributed by atoms with van der Waals surface area (Å²) in [5.41, 5.74) is 0. The third-order valence-electron chi connectivity index (χ3n) is 0.413. The van der Waals surface area contributed by atoms with Gasteiger partial charge in [0, 0.05) is 0 Å². The topological polar surface area (TPSA) is 74.3 Å². The van der Waals surface area contributed by atoms with Gasteiger partial charge in [0.25, 0.3) is 5.12 Å². The molecule has 0 aromatic rings. The molecule has 0 radical (unpaired) electrons. The van der Waals surface area contributed by atoms with E-state index in [1.54, 1.807) is 0 Å². The quantitative estimate of drug-likeness (QED) is 0.350. The molecular weight excluding hydrogens is 132 g/mol. The third kappa shape index (κ3) is 1.85. The first-order valence-corrected chi connectivity index (χ1v) is 3.01. The maximum Gasteiger partial charge on any atom is 0.256 e. The van der Waals surface area contributed by atoms with Gasteiger partial charge in [-0.15, -0.1) is 0 Å². The van der Waals surface area contributed by atoms with Crippen molar-refractivity contribution in [2.45, 2.75) is 0 Å². The van der Waals surface area contributed by atoms with Crippen LogP contribution in [-0.4, -0.2) is 18.1 Å². The summed E-state index contributed by atoms with van der Waals surface area (Å²) in [5, 5.41) is -1.49. The van der Waals surface area contributed by atoms with Crippen molar-refractivity contribution in [2.24, 2.45) is 0 Å². The largest absolute Gasteiger partial charge is 0.742 e. The molecule has 0 fully saturated rings. The fourth-order valence-corrected chi connectivity index (χ4v) is 0.306. The van der Waals surface area contributed by atoms with Crippen LogP contribution >= 0.6 is 0 Å². The smallest absolute Gasteiger partial charge is 0.256 e. The van der Waals surface area contributed by atoms with Crippen molar-refractivity contribution in [1.29, 1.82) is 0 Å². The molecule has 0 atom stereocenters. The predicted molar refractivity (Wildman–Crippen MR) is 24.9 cm³/mol. The highest BCUT2D eigenvalue weighted by atomic mass is 32.2. The first-order chi connectivity index (χ1) is 3.48. The summed E-state index contributed by atoms with van der Waals surface area (Å²) in [4.78, 5) is 9.81. The Morgan fingerprint density at radius 3 is 2.00 bits per heavy atom. The Hall–Kier alpha value is -0.680. The fraction of sp³-hybridized carbons (Fsp3) is 0. The second-order valence-corrected chi connectivity index (χ2v) is 2.29. The van der Waals surface area contributed by atoms with Crippen LogP contribution in [0.3, 0.4) is 0 Å². The minimum absolute atomic E-state index is 0.461. The number of carbonyl (C=O) groups excluding carboxylic acids is 1. The van der Waals surface area contributed by atoms with E-state index in [2.05, 4.69) is 6.58 Å². The molecule has 4 nitrogen and oxygen atoms in total. The van der Waals surface area contributed by atoms with E-state index in [9.17, 15) is 17.8 Å². The molecule has 46 valence electrons. The molecule has 0 saturated heterocycles. The van der Waals surface area contributed by atoms with E-state index < -0.39 is 15.2 Å².